The normalized spacial score (nSPS) is 9.90. The van der Waals surface area contributed by atoms with Gasteiger partial charge in [-0.1, -0.05) is 0 Å². The zero-order valence-corrected chi connectivity index (χ0v) is 5.98. The van der Waals surface area contributed by atoms with Gasteiger partial charge in [0.25, 0.3) is 0 Å². The van der Waals surface area contributed by atoms with Crippen LogP contribution in [0.3, 0.4) is 0 Å². The fraction of sp³-hybridized carbons (Fsp3) is 0.286. The smallest absolute Gasteiger partial charge is 0.146 e. The van der Waals surface area contributed by atoms with Crippen molar-refractivity contribution >= 4 is 5.69 Å². The number of anilines is 1. The lowest BCUT2D eigenvalue weighted by Gasteiger charge is -2.02. The number of halogens is 1. The van der Waals surface area contributed by atoms with E-state index in [-0.39, 0.29) is 5.82 Å². The highest BCUT2D eigenvalue weighted by Crippen LogP contribution is 2.15. The number of pyridine rings is 1. The summed E-state index contributed by atoms with van der Waals surface area (Å²) in [6.07, 6.45) is 1.18. The van der Waals surface area contributed by atoms with Crippen molar-refractivity contribution in [1.82, 2.24) is 4.98 Å². The Labute approximate surface area is 58.9 Å². The van der Waals surface area contributed by atoms with Crippen LogP contribution < -0.4 is 5.73 Å². The van der Waals surface area contributed by atoms with Crippen molar-refractivity contribution in [2.75, 3.05) is 5.73 Å². The second-order valence-electron chi connectivity index (χ2n) is 2.23. The van der Waals surface area contributed by atoms with Crippen LogP contribution in [0.15, 0.2) is 6.20 Å². The van der Waals surface area contributed by atoms with Crippen molar-refractivity contribution < 1.29 is 4.39 Å². The number of nitrogen functional groups attached to an aromatic ring is 1. The number of aromatic nitrogens is 1. The maximum atomic E-state index is 12.6. The Kier molecular flexibility index (Phi) is 1.57. The van der Waals surface area contributed by atoms with E-state index in [1.165, 1.54) is 6.20 Å². The third kappa shape index (κ3) is 0.943. The molecule has 0 aliphatic carbocycles. The van der Waals surface area contributed by atoms with Gasteiger partial charge in [-0.15, -0.1) is 0 Å². The molecule has 0 aromatic carbocycles. The predicted molar refractivity (Wildman–Crippen MR) is 38.1 cm³/mol. The molecule has 0 aliphatic rings. The van der Waals surface area contributed by atoms with Gasteiger partial charge in [0.15, 0.2) is 0 Å². The highest BCUT2D eigenvalue weighted by molar-refractivity contribution is 5.49. The van der Waals surface area contributed by atoms with E-state index in [0.717, 1.165) is 0 Å². The van der Waals surface area contributed by atoms with Crippen molar-refractivity contribution in [3.05, 3.63) is 23.3 Å². The van der Waals surface area contributed by atoms with Gasteiger partial charge < -0.3 is 5.73 Å². The number of aryl methyl sites for hydroxylation is 1. The highest BCUT2D eigenvalue weighted by Gasteiger charge is 2.03. The Hall–Kier alpha value is -1.12. The van der Waals surface area contributed by atoms with Gasteiger partial charge in [0.1, 0.15) is 5.82 Å². The quantitative estimate of drug-likeness (QED) is 0.591. The zero-order valence-electron chi connectivity index (χ0n) is 5.98. The molecule has 0 radical (unpaired) electrons. The van der Waals surface area contributed by atoms with Gasteiger partial charge in [0.2, 0.25) is 0 Å². The number of nitrogens with two attached hydrogens (primary N) is 1. The van der Waals surface area contributed by atoms with E-state index in [1.54, 1.807) is 13.8 Å². The molecule has 0 saturated carbocycles. The monoisotopic (exact) mass is 140 g/mol. The summed E-state index contributed by atoms with van der Waals surface area (Å²) in [6.45, 7) is 3.39. The second kappa shape index (κ2) is 2.25. The van der Waals surface area contributed by atoms with Crippen LogP contribution >= 0.6 is 0 Å². The molecule has 0 amide bonds. The number of rotatable bonds is 0. The van der Waals surface area contributed by atoms with E-state index in [2.05, 4.69) is 4.98 Å². The molecular weight excluding hydrogens is 131 g/mol. The number of nitrogens with zero attached hydrogens (tertiary/aromatic N) is 1. The summed E-state index contributed by atoms with van der Waals surface area (Å²) in [4.78, 5) is 3.74. The van der Waals surface area contributed by atoms with Crippen molar-refractivity contribution in [3.63, 3.8) is 0 Å². The van der Waals surface area contributed by atoms with E-state index in [9.17, 15) is 4.39 Å². The predicted octanol–water partition coefficient (Wildman–Crippen LogP) is 1.42. The second-order valence-corrected chi connectivity index (χ2v) is 2.23. The molecule has 0 aliphatic heterocycles. The van der Waals surface area contributed by atoms with Crippen molar-refractivity contribution in [2.45, 2.75) is 13.8 Å². The molecule has 2 nitrogen and oxygen atoms in total. The van der Waals surface area contributed by atoms with Crippen molar-refractivity contribution in [3.8, 4) is 0 Å². The third-order valence-corrected chi connectivity index (χ3v) is 1.52. The van der Waals surface area contributed by atoms with Gasteiger partial charge in [-0.3, -0.25) is 4.98 Å². The molecular formula is C7H9FN2. The average Bonchev–Trinajstić information content (AvgIpc) is 1.93. The van der Waals surface area contributed by atoms with E-state index < -0.39 is 0 Å². The molecule has 0 bridgehead atoms. The molecule has 1 rings (SSSR count). The van der Waals surface area contributed by atoms with Crippen LogP contribution in [-0.4, -0.2) is 4.98 Å². The van der Waals surface area contributed by atoms with Crippen molar-refractivity contribution in [1.29, 1.82) is 0 Å². The van der Waals surface area contributed by atoms with Gasteiger partial charge in [0, 0.05) is 5.56 Å². The van der Waals surface area contributed by atoms with Crippen LogP contribution in [0.2, 0.25) is 0 Å². The Morgan fingerprint density at radius 2 is 2.10 bits per heavy atom. The molecule has 0 spiro atoms. The molecule has 0 unspecified atom stereocenters. The molecule has 0 atom stereocenters. The van der Waals surface area contributed by atoms with E-state index in [1.807, 2.05) is 0 Å². The van der Waals surface area contributed by atoms with Gasteiger partial charge in [-0.25, -0.2) is 4.39 Å². The average molecular weight is 140 g/mol. The first-order valence-electron chi connectivity index (χ1n) is 3.00. The SMILES string of the molecule is Cc1ncc(F)c(C)c1N. The Balaban J connectivity index is 3.34. The lowest BCUT2D eigenvalue weighted by atomic mass is 10.2. The molecule has 2 N–H and O–H groups in total. The minimum Gasteiger partial charge on any atom is -0.397 e. The summed E-state index contributed by atoms with van der Waals surface area (Å²) in [5, 5.41) is 0. The third-order valence-electron chi connectivity index (χ3n) is 1.52. The number of hydrogen-bond donors (Lipinski definition) is 1. The summed E-state index contributed by atoms with van der Waals surface area (Å²) >= 11 is 0. The zero-order chi connectivity index (χ0) is 7.72. The summed E-state index contributed by atoms with van der Waals surface area (Å²) in [5.74, 6) is -0.344. The lowest BCUT2D eigenvalue weighted by molar-refractivity contribution is 0.612. The Bertz CT molecular complexity index is 231. The van der Waals surface area contributed by atoms with Crippen LogP contribution in [0.5, 0.6) is 0 Å². The molecule has 1 aromatic heterocycles. The molecule has 1 heterocycles. The molecule has 54 valence electrons. The first-order valence-corrected chi connectivity index (χ1v) is 3.00. The largest absolute Gasteiger partial charge is 0.397 e. The molecule has 1 aromatic rings. The van der Waals surface area contributed by atoms with Gasteiger partial charge in [-0.05, 0) is 13.8 Å². The summed E-state index contributed by atoms with van der Waals surface area (Å²) in [6, 6.07) is 0. The lowest BCUT2D eigenvalue weighted by Crippen LogP contribution is -1.98. The molecule has 0 saturated heterocycles. The summed E-state index contributed by atoms with van der Waals surface area (Å²) in [5.41, 5.74) is 7.08. The summed E-state index contributed by atoms with van der Waals surface area (Å²) < 4.78 is 12.6. The fourth-order valence-electron chi connectivity index (χ4n) is 0.720. The minimum atomic E-state index is -0.344. The topological polar surface area (TPSA) is 38.9 Å². The van der Waals surface area contributed by atoms with Gasteiger partial charge >= 0.3 is 0 Å². The van der Waals surface area contributed by atoms with Gasteiger partial charge in [0.05, 0.1) is 17.6 Å². The van der Waals surface area contributed by atoms with E-state index in [0.29, 0.717) is 16.9 Å². The Morgan fingerprint density at radius 1 is 1.50 bits per heavy atom. The minimum absolute atomic E-state index is 0.344. The summed E-state index contributed by atoms with van der Waals surface area (Å²) in [7, 11) is 0. The molecule has 3 heteroatoms. The van der Waals surface area contributed by atoms with Crippen LogP contribution in [0.25, 0.3) is 0 Å². The van der Waals surface area contributed by atoms with Crippen LogP contribution in [0.4, 0.5) is 10.1 Å². The number of hydrogen-bond acceptors (Lipinski definition) is 2. The van der Waals surface area contributed by atoms with Crippen LogP contribution in [0.1, 0.15) is 11.3 Å². The van der Waals surface area contributed by atoms with Crippen molar-refractivity contribution in [2.24, 2.45) is 0 Å². The van der Waals surface area contributed by atoms with Crippen LogP contribution in [0, 0.1) is 19.7 Å². The Morgan fingerprint density at radius 3 is 2.60 bits per heavy atom. The maximum absolute atomic E-state index is 12.6. The van der Waals surface area contributed by atoms with E-state index >= 15 is 0 Å². The first kappa shape index (κ1) is 6.99. The fourth-order valence-corrected chi connectivity index (χ4v) is 0.720. The molecule has 10 heavy (non-hydrogen) atoms. The highest BCUT2D eigenvalue weighted by atomic mass is 19.1. The first-order chi connectivity index (χ1) is 4.63. The standard InChI is InChI=1S/C7H9FN2/c1-4-6(8)3-10-5(2)7(4)9/h3H,9H2,1-2H3. The van der Waals surface area contributed by atoms with Crippen LogP contribution in [-0.2, 0) is 0 Å². The van der Waals surface area contributed by atoms with E-state index in [4.69, 9.17) is 5.73 Å². The molecule has 0 fully saturated rings. The van der Waals surface area contributed by atoms with Gasteiger partial charge in [-0.2, -0.15) is 0 Å². The maximum Gasteiger partial charge on any atom is 0.146 e.